The molecule has 0 saturated heterocycles. The van der Waals surface area contributed by atoms with Gasteiger partial charge in [-0.25, -0.2) is 4.39 Å². The van der Waals surface area contributed by atoms with Gasteiger partial charge in [-0.1, -0.05) is 36.7 Å². The fourth-order valence-electron chi connectivity index (χ4n) is 1.84. The number of carbonyl (C=O) groups is 1. The molecule has 0 radical (unpaired) electrons. The molecule has 0 aliphatic carbocycles. The molecule has 0 fully saturated rings. The minimum absolute atomic E-state index is 0.0481. The van der Waals surface area contributed by atoms with Crippen LogP contribution in [-0.2, 0) is 11.3 Å². The van der Waals surface area contributed by atoms with Crippen LogP contribution in [0.25, 0.3) is 0 Å². The smallest absolute Gasteiger partial charge is 0.224 e. The largest absolute Gasteiger partial charge is 0.381 e. The summed E-state index contributed by atoms with van der Waals surface area (Å²) in [5.41, 5.74) is 1.99. The van der Waals surface area contributed by atoms with Gasteiger partial charge in [-0.2, -0.15) is 0 Å². The Morgan fingerprint density at radius 1 is 1.19 bits per heavy atom. The lowest BCUT2D eigenvalue weighted by Gasteiger charge is -2.10. The molecule has 21 heavy (non-hydrogen) atoms. The molecule has 2 aromatic rings. The summed E-state index contributed by atoms with van der Waals surface area (Å²) >= 11 is 5.74. The van der Waals surface area contributed by atoms with Gasteiger partial charge < -0.3 is 10.6 Å². The number of hydrogen-bond acceptors (Lipinski definition) is 2. The van der Waals surface area contributed by atoms with E-state index in [0.29, 0.717) is 24.2 Å². The molecule has 0 aliphatic rings. The SMILES string of the molecule is CCC(=O)Nc1cccc(NCc2cccc(Cl)c2F)c1. The molecule has 0 saturated carbocycles. The van der Waals surface area contributed by atoms with Crippen LogP contribution in [0.4, 0.5) is 15.8 Å². The van der Waals surface area contributed by atoms with Crippen molar-refractivity contribution in [2.75, 3.05) is 10.6 Å². The van der Waals surface area contributed by atoms with Crippen molar-refractivity contribution in [2.24, 2.45) is 0 Å². The number of benzene rings is 2. The van der Waals surface area contributed by atoms with E-state index in [9.17, 15) is 9.18 Å². The van der Waals surface area contributed by atoms with Crippen molar-refractivity contribution in [2.45, 2.75) is 19.9 Å². The fraction of sp³-hybridized carbons (Fsp3) is 0.188. The Morgan fingerprint density at radius 3 is 2.67 bits per heavy atom. The second kappa shape index (κ2) is 7.09. The molecule has 2 rings (SSSR count). The highest BCUT2D eigenvalue weighted by molar-refractivity contribution is 6.30. The summed E-state index contributed by atoms with van der Waals surface area (Å²) in [6, 6.07) is 12.2. The van der Waals surface area contributed by atoms with Crippen molar-refractivity contribution in [1.82, 2.24) is 0 Å². The summed E-state index contributed by atoms with van der Waals surface area (Å²) in [4.78, 5) is 11.4. The van der Waals surface area contributed by atoms with Crippen LogP contribution >= 0.6 is 11.6 Å². The molecule has 5 heteroatoms. The minimum atomic E-state index is -0.415. The van der Waals surface area contributed by atoms with Gasteiger partial charge in [0.2, 0.25) is 5.91 Å². The van der Waals surface area contributed by atoms with Gasteiger partial charge in [0.15, 0.2) is 0 Å². The third kappa shape index (κ3) is 4.20. The van der Waals surface area contributed by atoms with Crippen LogP contribution in [0.5, 0.6) is 0 Å². The van der Waals surface area contributed by atoms with E-state index in [0.717, 1.165) is 5.69 Å². The van der Waals surface area contributed by atoms with Crippen LogP contribution < -0.4 is 10.6 Å². The van der Waals surface area contributed by atoms with Crippen LogP contribution in [0.3, 0.4) is 0 Å². The van der Waals surface area contributed by atoms with Crippen LogP contribution in [0.15, 0.2) is 42.5 Å². The van der Waals surface area contributed by atoms with Gasteiger partial charge >= 0.3 is 0 Å². The monoisotopic (exact) mass is 306 g/mol. The molecular formula is C16H16ClFN2O. The summed E-state index contributed by atoms with van der Waals surface area (Å²) in [5.74, 6) is -0.463. The maximum absolute atomic E-state index is 13.8. The maximum atomic E-state index is 13.8. The molecule has 0 unspecified atom stereocenters. The van der Waals surface area contributed by atoms with Gasteiger partial charge in [0.05, 0.1) is 5.02 Å². The van der Waals surface area contributed by atoms with Crippen LogP contribution in [0.2, 0.25) is 5.02 Å². The molecule has 0 spiro atoms. The van der Waals surface area contributed by atoms with Gasteiger partial charge in [0.25, 0.3) is 0 Å². The van der Waals surface area contributed by atoms with E-state index < -0.39 is 5.82 Å². The summed E-state index contributed by atoms with van der Waals surface area (Å²) in [6.45, 7) is 2.11. The highest BCUT2D eigenvalue weighted by atomic mass is 35.5. The highest BCUT2D eigenvalue weighted by Crippen LogP contribution is 2.20. The Labute approximate surface area is 128 Å². The third-order valence-corrected chi connectivity index (χ3v) is 3.27. The minimum Gasteiger partial charge on any atom is -0.381 e. The number of rotatable bonds is 5. The van der Waals surface area contributed by atoms with E-state index in [1.807, 2.05) is 12.1 Å². The van der Waals surface area contributed by atoms with E-state index >= 15 is 0 Å². The number of halogens is 2. The molecule has 0 bridgehead atoms. The van der Waals surface area contributed by atoms with E-state index in [-0.39, 0.29) is 10.9 Å². The van der Waals surface area contributed by atoms with Crippen molar-refractivity contribution in [1.29, 1.82) is 0 Å². The lowest BCUT2D eigenvalue weighted by Crippen LogP contribution is -2.09. The molecule has 2 N–H and O–H groups in total. The van der Waals surface area contributed by atoms with Crippen LogP contribution in [-0.4, -0.2) is 5.91 Å². The first-order valence-corrected chi connectivity index (χ1v) is 7.04. The van der Waals surface area contributed by atoms with Gasteiger partial charge in [0.1, 0.15) is 5.82 Å². The average Bonchev–Trinajstić information content (AvgIpc) is 2.49. The maximum Gasteiger partial charge on any atom is 0.224 e. The number of carbonyl (C=O) groups excluding carboxylic acids is 1. The Bertz CT molecular complexity index is 646. The van der Waals surface area contributed by atoms with Crippen molar-refractivity contribution < 1.29 is 9.18 Å². The van der Waals surface area contributed by atoms with Crippen molar-refractivity contribution in [3.8, 4) is 0 Å². The number of anilines is 2. The molecule has 3 nitrogen and oxygen atoms in total. The Hall–Kier alpha value is -2.07. The zero-order chi connectivity index (χ0) is 15.2. The summed E-state index contributed by atoms with van der Waals surface area (Å²) in [5, 5.41) is 6.00. The molecule has 2 aromatic carbocycles. The van der Waals surface area contributed by atoms with E-state index in [4.69, 9.17) is 11.6 Å². The van der Waals surface area contributed by atoms with Crippen molar-refractivity contribution in [3.63, 3.8) is 0 Å². The molecule has 0 aromatic heterocycles. The molecule has 1 amide bonds. The normalized spacial score (nSPS) is 10.2. The molecular weight excluding hydrogens is 291 g/mol. The number of hydrogen-bond donors (Lipinski definition) is 2. The molecule has 0 heterocycles. The Kier molecular flexibility index (Phi) is 5.17. The summed E-state index contributed by atoms with van der Waals surface area (Å²) in [7, 11) is 0. The topological polar surface area (TPSA) is 41.1 Å². The predicted octanol–water partition coefficient (Wildman–Crippen LogP) is 4.44. The number of nitrogens with one attached hydrogen (secondary N) is 2. The lowest BCUT2D eigenvalue weighted by atomic mass is 10.2. The molecule has 110 valence electrons. The first kappa shape index (κ1) is 15.3. The van der Waals surface area contributed by atoms with Crippen LogP contribution in [0.1, 0.15) is 18.9 Å². The van der Waals surface area contributed by atoms with Gasteiger partial charge in [0, 0.05) is 29.9 Å². The summed E-state index contributed by atoms with van der Waals surface area (Å²) < 4.78 is 13.8. The van der Waals surface area contributed by atoms with E-state index in [1.165, 1.54) is 6.07 Å². The quantitative estimate of drug-likeness (QED) is 0.857. The average molecular weight is 307 g/mol. The lowest BCUT2D eigenvalue weighted by molar-refractivity contribution is -0.115. The number of amides is 1. The standard InChI is InChI=1S/C16H16ClFN2O/c1-2-15(21)20-13-7-4-6-12(9-13)19-10-11-5-3-8-14(17)16(11)18/h3-9,19H,2,10H2,1H3,(H,20,21). The van der Waals surface area contributed by atoms with E-state index in [2.05, 4.69) is 10.6 Å². The predicted molar refractivity (Wildman–Crippen MR) is 84.1 cm³/mol. The summed E-state index contributed by atoms with van der Waals surface area (Å²) in [6.07, 6.45) is 0.422. The molecule has 0 aliphatic heterocycles. The first-order valence-electron chi connectivity index (χ1n) is 6.67. The van der Waals surface area contributed by atoms with Gasteiger partial charge in [-0.3, -0.25) is 4.79 Å². The Morgan fingerprint density at radius 2 is 1.90 bits per heavy atom. The van der Waals surface area contributed by atoms with Crippen molar-refractivity contribution in [3.05, 3.63) is 58.9 Å². The zero-order valence-electron chi connectivity index (χ0n) is 11.6. The van der Waals surface area contributed by atoms with Gasteiger partial charge in [-0.05, 0) is 24.3 Å². The van der Waals surface area contributed by atoms with Gasteiger partial charge in [-0.15, -0.1) is 0 Å². The Balaban J connectivity index is 2.05. The second-order valence-corrected chi connectivity index (χ2v) is 4.96. The first-order chi connectivity index (χ1) is 10.1. The van der Waals surface area contributed by atoms with Crippen LogP contribution in [0, 0.1) is 5.82 Å². The highest BCUT2D eigenvalue weighted by Gasteiger charge is 2.06. The van der Waals surface area contributed by atoms with E-state index in [1.54, 1.807) is 31.2 Å². The van der Waals surface area contributed by atoms with Crippen molar-refractivity contribution >= 4 is 28.9 Å². The second-order valence-electron chi connectivity index (χ2n) is 4.55. The third-order valence-electron chi connectivity index (χ3n) is 2.98. The molecule has 0 atom stereocenters. The fourth-order valence-corrected chi connectivity index (χ4v) is 2.03. The zero-order valence-corrected chi connectivity index (χ0v) is 12.4.